The highest BCUT2D eigenvalue weighted by Gasteiger charge is 2.22. The number of hydrogen-bond acceptors (Lipinski definition) is 3. The van der Waals surface area contributed by atoms with Gasteiger partial charge in [0.2, 0.25) is 3.79 Å². The normalized spacial score (nSPS) is 11.0. The number of rotatable bonds is 5. The summed E-state index contributed by atoms with van der Waals surface area (Å²) in [5.41, 5.74) is 0.519. The van der Waals surface area contributed by atoms with Gasteiger partial charge < -0.3 is 10.1 Å². The van der Waals surface area contributed by atoms with E-state index in [9.17, 15) is 9.59 Å². The number of ketones is 1. The van der Waals surface area contributed by atoms with Crippen LogP contribution in [0.15, 0.2) is 24.3 Å². The van der Waals surface area contributed by atoms with Crippen molar-refractivity contribution in [3.63, 3.8) is 0 Å². The lowest BCUT2D eigenvalue weighted by atomic mass is 10.1. The number of benzene rings is 1. The lowest BCUT2D eigenvalue weighted by Gasteiger charge is -2.11. The molecule has 0 aromatic heterocycles. The first-order valence-electron chi connectivity index (χ1n) is 5.54. The van der Waals surface area contributed by atoms with E-state index in [1.165, 1.54) is 0 Å². The summed E-state index contributed by atoms with van der Waals surface area (Å²) in [5.74, 6) is -0.122. The maximum absolute atomic E-state index is 11.8. The zero-order chi connectivity index (χ0) is 15.2. The third-order valence-electron chi connectivity index (χ3n) is 2.15. The minimum Gasteiger partial charge on any atom is -0.445 e. The van der Waals surface area contributed by atoms with E-state index in [1.807, 2.05) is 0 Å². The highest BCUT2D eigenvalue weighted by molar-refractivity contribution is 6.67. The first-order valence-corrected chi connectivity index (χ1v) is 7.05. The Morgan fingerprint density at radius 1 is 1.15 bits per heavy atom. The molecule has 0 fully saturated rings. The number of carbonyl (C=O) groups excluding carboxylic acids is 2. The number of nitrogens with one attached hydrogen (secondary N) is 1. The maximum Gasteiger partial charge on any atom is 0.407 e. The van der Waals surface area contributed by atoms with E-state index < -0.39 is 9.89 Å². The van der Waals surface area contributed by atoms with Crippen LogP contribution in [0.1, 0.15) is 16.8 Å². The lowest BCUT2D eigenvalue weighted by Crippen LogP contribution is -2.29. The molecule has 0 saturated heterocycles. The Balaban J connectivity index is 2.28. The summed E-state index contributed by atoms with van der Waals surface area (Å²) in [6.45, 7) is -0.241. The molecule has 1 rings (SSSR count). The Morgan fingerprint density at radius 3 is 2.30 bits per heavy atom. The lowest BCUT2D eigenvalue weighted by molar-refractivity contribution is 0.0981. The minimum absolute atomic E-state index is 0.122. The van der Waals surface area contributed by atoms with Crippen LogP contribution < -0.4 is 5.32 Å². The highest BCUT2D eigenvalue weighted by Crippen LogP contribution is 2.25. The number of Topliss-reactive ketones (excluding diaryl/α,β-unsaturated/α-hetero) is 1. The number of carbonyl (C=O) groups is 2. The van der Waals surface area contributed by atoms with Crippen LogP contribution >= 0.6 is 46.4 Å². The molecule has 1 amide bonds. The van der Waals surface area contributed by atoms with Crippen LogP contribution in [0.2, 0.25) is 5.02 Å². The van der Waals surface area contributed by atoms with Gasteiger partial charge in [-0.3, -0.25) is 4.79 Å². The Labute approximate surface area is 136 Å². The first-order chi connectivity index (χ1) is 9.28. The summed E-state index contributed by atoms with van der Waals surface area (Å²) >= 11 is 22.0. The molecule has 0 bridgehead atoms. The summed E-state index contributed by atoms with van der Waals surface area (Å²) in [5, 5.41) is 2.93. The summed E-state index contributed by atoms with van der Waals surface area (Å²) in [7, 11) is 0. The zero-order valence-corrected chi connectivity index (χ0v) is 13.2. The third-order valence-corrected chi connectivity index (χ3v) is 2.73. The molecule has 8 heteroatoms. The number of hydrogen-bond donors (Lipinski definition) is 1. The van der Waals surface area contributed by atoms with Crippen LogP contribution in [-0.4, -0.2) is 28.8 Å². The molecule has 1 aromatic carbocycles. The molecule has 0 atom stereocenters. The van der Waals surface area contributed by atoms with E-state index in [2.05, 4.69) is 10.1 Å². The van der Waals surface area contributed by atoms with Crippen molar-refractivity contribution in [2.24, 2.45) is 0 Å². The average Bonchev–Trinajstić information content (AvgIpc) is 2.36. The van der Waals surface area contributed by atoms with Gasteiger partial charge in [-0.2, -0.15) is 0 Å². The second-order valence-electron chi connectivity index (χ2n) is 3.80. The minimum atomic E-state index is -1.66. The SMILES string of the molecule is O=C(NCCC(=O)c1ccc(Cl)cc1)OCC(Cl)(Cl)Cl. The highest BCUT2D eigenvalue weighted by atomic mass is 35.6. The van der Waals surface area contributed by atoms with Gasteiger partial charge in [-0.05, 0) is 24.3 Å². The van der Waals surface area contributed by atoms with E-state index in [0.717, 1.165) is 0 Å². The number of alkyl halides is 3. The van der Waals surface area contributed by atoms with Gasteiger partial charge in [0.25, 0.3) is 0 Å². The van der Waals surface area contributed by atoms with Crippen molar-refractivity contribution in [2.75, 3.05) is 13.2 Å². The van der Waals surface area contributed by atoms with Crippen LogP contribution in [0.5, 0.6) is 0 Å². The molecule has 4 nitrogen and oxygen atoms in total. The molecule has 110 valence electrons. The van der Waals surface area contributed by atoms with Gasteiger partial charge in [0.1, 0.15) is 6.61 Å². The molecule has 20 heavy (non-hydrogen) atoms. The van der Waals surface area contributed by atoms with Crippen molar-refractivity contribution in [1.29, 1.82) is 0 Å². The van der Waals surface area contributed by atoms with E-state index in [1.54, 1.807) is 24.3 Å². The molecular formula is C12H11Cl4NO3. The second-order valence-corrected chi connectivity index (χ2v) is 6.75. The molecule has 0 unspecified atom stereocenters. The summed E-state index contributed by atoms with van der Waals surface area (Å²) in [6.07, 6.45) is -0.620. The monoisotopic (exact) mass is 357 g/mol. The Kier molecular flexibility index (Phi) is 6.89. The quantitative estimate of drug-likeness (QED) is 0.639. The van der Waals surface area contributed by atoms with Gasteiger partial charge in [-0.1, -0.05) is 46.4 Å². The van der Waals surface area contributed by atoms with Crippen molar-refractivity contribution >= 4 is 58.3 Å². The fourth-order valence-electron chi connectivity index (χ4n) is 1.26. The van der Waals surface area contributed by atoms with Crippen molar-refractivity contribution in [1.82, 2.24) is 5.32 Å². The number of halogens is 4. The molecule has 0 aliphatic heterocycles. The smallest absolute Gasteiger partial charge is 0.407 e. The summed E-state index contributed by atoms with van der Waals surface area (Å²) < 4.78 is 2.98. The molecule has 1 N–H and O–H groups in total. The van der Waals surface area contributed by atoms with Gasteiger partial charge in [-0.15, -0.1) is 0 Å². The second kappa shape index (κ2) is 7.93. The van der Waals surface area contributed by atoms with Gasteiger partial charge in [0, 0.05) is 23.6 Å². The summed E-state index contributed by atoms with van der Waals surface area (Å²) in [4.78, 5) is 23.0. The van der Waals surface area contributed by atoms with Crippen molar-refractivity contribution in [3.8, 4) is 0 Å². The average molecular weight is 359 g/mol. The van der Waals surface area contributed by atoms with Gasteiger partial charge in [0.05, 0.1) is 0 Å². The Hall–Kier alpha value is -0.680. The molecule has 0 radical (unpaired) electrons. The number of amides is 1. The van der Waals surface area contributed by atoms with Crippen LogP contribution in [0.3, 0.4) is 0 Å². The predicted molar refractivity (Wildman–Crippen MR) is 80.0 cm³/mol. The van der Waals surface area contributed by atoms with Crippen molar-refractivity contribution in [2.45, 2.75) is 10.2 Å². The van der Waals surface area contributed by atoms with E-state index in [-0.39, 0.29) is 25.4 Å². The van der Waals surface area contributed by atoms with E-state index in [0.29, 0.717) is 10.6 Å². The topological polar surface area (TPSA) is 55.4 Å². The van der Waals surface area contributed by atoms with Gasteiger partial charge in [-0.25, -0.2) is 4.79 Å². The van der Waals surface area contributed by atoms with Crippen molar-refractivity contribution < 1.29 is 14.3 Å². The van der Waals surface area contributed by atoms with Gasteiger partial charge in [0.15, 0.2) is 5.78 Å². The van der Waals surface area contributed by atoms with E-state index in [4.69, 9.17) is 46.4 Å². The van der Waals surface area contributed by atoms with Gasteiger partial charge >= 0.3 is 6.09 Å². The van der Waals surface area contributed by atoms with Crippen LogP contribution in [0.4, 0.5) is 4.79 Å². The number of ether oxygens (including phenoxy) is 1. The largest absolute Gasteiger partial charge is 0.445 e. The predicted octanol–water partition coefficient (Wildman–Crippen LogP) is 4.01. The molecule has 0 heterocycles. The molecule has 0 spiro atoms. The third kappa shape index (κ3) is 7.20. The maximum atomic E-state index is 11.8. The van der Waals surface area contributed by atoms with E-state index >= 15 is 0 Å². The molecule has 0 aliphatic carbocycles. The molecule has 0 saturated carbocycles. The standard InChI is InChI=1S/C12H11Cl4NO3/c13-9-3-1-8(2-4-9)10(18)5-6-17-11(19)20-7-12(14,15)16/h1-4H,5-7H2,(H,17,19). The van der Waals surface area contributed by atoms with Crippen LogP contribution in [0, 0.1) is 0 Å². The van der Waals surface area contributed by atoms with Crippen LogP contribution in [0.25, 0.3) is 0 Å². The Bertz CT molecular complexity index is 471. The first kappa shape index (κ1) is 17.4. The van der Waals surface area contributed by atoms with Crippen molar-refractivity contribution in [3.05, 3.63) is 34.9 Å². The zero-order valence-electron chi connectivity index (χ0n) is 10.2. The fraction of sp³-hybridized carbons (Fsp3) is 0.333. The number of alkyl carbamates (subject to hydrolysis) is 1. The fourth-order valence-corrected chi connectivity index (χ4v) is 1.55. The summed E-state index contributed by atoms with van der Waals surface area (Å²) in [6, 6.07) is 6.48. The molecule has 1 aromatic rings. The molecular weight excluding hydrogens is 348 g/mol. The van der Waals surface area contributed by atoms with Crippen LogP contribution in [-0.2, 0) is 4.74 Å². The Morgan fingerprint density at radius 2 is 1.75 bits per heavy atom. The molecule has 0 aliphatic rings.